The monoisotopic (exact) mass is 707 g/mol. The molecule has 0 saturated carbocycles. The van der Waals surface area contributed by atoms with Crippen molar-refractivity contribution in [3.63, 3.8) is 0 Å². The molecular formula is C32H25Cl2N6O7S-. The van der Waals surface area contributed by atoms with E-state index in [-0.39, 0.29) is 32.0 Å². The van der Waals surface area contributed by atoms with E-state index in [0.29, 0.717) is 16.8 Å². The highest BCUT2D eigenvalue weighted by molar-refractivity contribution is 7.85. The number of para-hydroxylation sites is 1. The number of carbonyl (C=O) groups is 3. The number of benzene rings is 4. The lowest BCUT2D eigenvalue weighted by Gasteiger charge is -2.15. The zero-order chi connectivity index (χ0) is 35.0. The van der Waals surface area contributed by atoms with E-state index in [1.807, 2.05) is 0 Å². The number of anilines is 1. The summed E-state index contributed by atoms with van der Waals surface area (Å²) in [4.78, 5) is 40.5. The zero-order valence-corrected chi connectivity index (χ0v) is 27.4. The molecule has 4 aromatic carbocycles. The molecule has 0 fully saturated rings. The SMILES string of the molecule is CC(=O)C(N=Nc1ccc(-c2ccc(N=NC(C(C)=O)C([O-])=Nc3ccccc3)c(Cl)c2)cc1Cl)C(=O)Nc1ccc(S(=O)(=O)O)cc1. The molecule has 2 unspecified atom stereocenters. The van der Waals surface area contributed by atoms with Crippen molar-refractivity contribution in [3.8, 4) is 11.1 Å². The largest absolute Gasteiger partial charge is 0.860 e. The Morgan fingerprint density at radius 2 is 1.25 bits per heavy atom. The number of nitrogens with zero attached hydrogens (tertiary/aromatic N) is 5. The lowest BCUT2D eigenvalue weighted by molar-refractivity contribution is -0.219. The van der Waals surface area contributed by atoms with Crippen molar-refractivity contribution in [3.05, 3.63) is 101 Å². The number of nitrogens with one attached hydrogen (secondary N) is 1. The minimum Gasteiger partial charge on any atom is -0.860 e. The number of rotatable bonds is 12. The van der Waals surface area contributed by atoms with Crippen LogP contribution in [0.4, 0.5) is 22.7 Å². The average molecular weight is 709 g/mol. The molecule has 13 nitrogen and oxygen atoms in total. The minimum absolute atomic E-state index is 0.143. The zero-order valence-electron chi connectivity index (χ0n) is 25.1. The van der Waals surface area contributed by atoms with Gasteiger partial charge in [-0.1, -0.05) is 53.5 Å². The quantitative estimate of drug-likeness (QED) is 0.0534. The number of halogens is 2. The topological polar surface area (TPSA) is 202 Å². The number of aliphatic imine (C=N–C) groups is 1. The third-order valence-electron chi connectivity index (χ3n) is 6.46. The predicted molar refractivity (Wildman–Crippen MR) is 178 cm³/mol. The molecule has 1 amide bonds. The van der Waals surface area contributed by atoms with E-state index in [0.717, 1.165) is 19.1 Å². The van der Waals surface area contributed by atoms with Crippen LogP contribution in [0.2, 0.25) is 10.0 Å². The highest BCUT2D eigenvalue weighted by atomic mass is 35.5. The van der Waals surface area contributed by atoms with Crippen LogP contribution in [0.5, 0.6) is 0 Å². The van der Waals surface area contributed by atoms with E-state index in [9.17, 15) is 27.9 Å². The standard InChI is InChI=1S/C32H26Cl2N6O7S/c1-18(41)29(31(43)35-22-6-4-3-5-7-22)39-37-27-14-8-20(16-25(27)33)21-9-15-28(26(34)17-21)38-40-30(19(2)42)32(44)36-23-10-12-24(13-11-23)48(45,46)47/h3-17,29-30H,1-2H3,(H,35,43)(H,36,44)(H,45,46,47)/p-1. The summed E-state index contributed by atoms with van der Waals surface area (Å²) in [6.45, 7) is 2.37. The lowest BCUT2D eigenvalue weighted by atomic mass is 10.0. The van der Waals surface area contributed by atoms with Gasteiger partial charge >= 0.3 is 0 Å². The third-order valence-corrected chi connectivity index (χ3v) is 7.93. The normalized spacial score (nSPS) is 13.4. The first-order valence-corrected chi connectivity index (χ1v) is 16.0. The van der Waals surface area contributed by atoms with Crippen LogP contribution in [0.1, 0.15) is 13.8 Å². The van der Waals surface area contributed by atoms with Crippen LogP contribution >= 0.6 is 23.2 Å². The van der Waals surface area contributed by atoms with Gasteiger partial charge in [-0.2, -0.15) is 28.9 Å². The van der Waals surface area contributed by atoms with Gasteiger partial charge in [-0.3, -0.25) is 23.9 Å². The Bertz CT molecular complexity index is 2060. The second-order valence-electron chi connectivity index (χ2n) is 10.1. The number of Topliss-reactive ketones (excluding diaryl/α,β-unsaturated/α-hetero) is 2. The van der Waals surface area contributed by atoms with Crippen molar-refractivity contribution in [1.82, 2.24) is 0 Å². The smallest absolute Gasteiger partial charge is 0.294 e. The van der Waals surface area contributed by atoms with Crippen molar-refractivity contribution >= 4 is 79.4 Å². The second-order valence-corrected chi connectivity index (χ2v) is 12.3. The lowest BCUT2D eigenvalue weighted by Crippen LogP contribution is -2.35. The van der Waals surface area contributed by atoms with Gasteiger partial charge in [0.1, 0.15) is 11.4 Å². The highest BCUT2D eigenvalue weighted by Crippen LogP contribution is 2.35. The summed E-state index contributed by atoms with van der Waals surface area (Å²) >= 11 is 12.9. The van der Waals surface area contributed by atoms with E-state index < -0.39 is 45.6 Å². The van der Waals surface area contributed by atoms with Crippen LogP contribution in [0, 0.1) is 0 Å². The fourth-order valence-electron chi connectivity index (χ4n) is 4.01. The molecule has 0 bridgehead atoms. The molecule has 0 aromatic heterocycles. The molecule has 0 aliphatic rings. The fraction of sp³-hybridized carbons (Fsp3) is 0.125. The predicted octanol–water partition coefficient (Wildman–Crippen LogP) is 6.72. The van der Waals surface area contributed by atoms with E-state index in [4.69, 9.17) is 27.8 Å². The Balaban J connectivity index is 1.47. The van der Waals surface area contributed by atoms with Gasteiger partial charge in [0, 0.05) is 5.69 Å². The van der Waals surface area contributed by atoms with Crippen molar-refractivity contribution in [1.29, 1.82) is 0 Å². The summed E-state index contributed by atoms with van der Waals surface area (Å²) in [5.74, 6) is -2.74. The molecule has 0 aliphatic carbocycles. The number of ketones is 2. The van der Waals surface area contributed by atoms with Gasteiger partial charge < -0.3 is 10.4 Å². The third kappa shape index (κ3) is 9.45. The molecule has 4 aromatic rings. The van der Waals surface area contributed by atoms with Crippen molar-refractivity contribution < 1.29 is 32.5 Å². The summed E-state index contributed by atoms with van der Waals surface area (Å²) < 4.78 is 31.5. The summed E-state index contributed by atoms with van der Waals surface area (Å²) in [5, 5.41) is 31.1. The molecule has 246 valence electrons. The molecular weight excluding hydrogens is 683 g/mol. The second kappa shape index (κ2) is 15.6. The van der Waals surface area contributed by atoms with Crippen molar-refractivity contribution in [2.45, 2.75) is 30.8 Å². The highest BCUT2D eigenvalue weighted by Gasteiger charge is 2.24. The molecule has 0 aliphatic heterocycles. The van der Waals surface area contributed by atoms with E-state index in [1.165, 1.54) is 25.1 Å². The van der Waals surface area contributed by atoms with Crippen LogP contribution < -0.4 is 10.4 Å². The van der Waals surface area contributed by atoms with E-state index in [2.05, 4.69) is 30.8 Å². The number of hydrogen-bond acceptors (Lipinski definition) is 11. The van der Waals surface area contributed by atoms with Gasteiger partial charge in [0.2, 0.25) is 6.04 Å². The molecule has 0 saturated heterocycles. The summed E-state index contributed by atoms with van der Waals surface area (Å²) in [6.07, 6.45) is 0. The minimum atomic E-state index is -4.42. The van der Waals surface area contributed by atoms with E-state index >= 15 is 0 Å². The molecule has 4 rings (SSSR count). The van der Waals surface area contributed by atoms with Crippen LogP contribution in [0.25, 0.3) is 11.1 Å². The molecule has 48 heavy (non-hydrogen) atoms. The van der Waals surface area contributed by atoms with Crippen molar-refractivity contribution in [2.75, 3.05) is 5.32 Å². The summed E-state index contributed by atoms with van der Waals surface area (Å²) in [5.41, 5.74) is 2.16. The van der Waals surface area contributed by atoms with Gasteiger partial charge in [0.25, 0.3) is 16.0 Å². The van der Waals surface area contributed by atoms with Crippen LogP contribution in [0.15, 0.2) is 121 Å². The molecule has 0 heterocycles. The maximum atomic E-state index is 12.7. The van der Waals surface area contributed by atoms with Gasteiger partial charge in [0.05, 0.1) is 20.6 Å². The summed E-state index contributed by atoms with van der Waals surface area (Å²) in [6, 6.07) is 19.6. The Hall–Kier alpha value is -5.15. The van der Waals surface area contributed by atoms with Crippen molar-refractivity contribution in [2.24, 2.45) is 25.4 Å². The first-order chi connectivity index (χ1) is 22.7. The molecule has 0 radical (unpaired) electrons. The maximum absolute atomic E-state index is 12.7. The van der Waals surface area contributed by atoms with E-state index in [1.54, 1.807) is 60.7 Å². The fourth-order valence-corrected chi connectivity index (χ4v) is 4.93. The number of hydrogen-bond donors (Lipinski definition) is 2. The van der Waals surface area contributed by atoms with Gasteiger partial charge in [0.15, 0.2) is 17.6 Å². The molecule has 0 spiro atoms. The first kappa shape index (κ1) is 35.7. The first-order valence-electron chi connectivity index (χ1n) is 13.8. The van der Waals surface area contributed by atoms with Crippen LogP contribution in [-0.2, 0) is 24.5 Å². The van der Waals surface area contributed by atoms with Gasteiger partial charge in [-0.15, -0.1) is 0 Å². The number of carbonyl (C=O) groups excluding carboxylic acids is 3. The maximum Gasteiger partial charge on any atom is 0.294 e. The molecule has 16 heteroatoms. The number of amides is 1. The molecule has 2 atom stereocenters. The Morgan fingerprint density at radius 1 is 0.750 bits per heavy atom. The Kier molecular flexibility index (Phi) is 11.6. The number of azo groups is 2. The van der Waals surface area contributed by atoms with Crippen LogP contribution in [-0.4, -0.2) is 48.4 Å². The Labute approximate surface area is 284 Å². The molecule has 2 N–H and O–H groups in total. The summed E-state index contributed by atoms with van der Waals surface area (Å²) in [7, 11) is -4.42. The average Bonchev–Trinajstić information content (AvgIpc) is 3.02. The van der Waals surface area contributed by atoms with Gasteiger partial charge in [-0.25, -0.2) is 0 Å². The van der Waals surface area contributed by atoms with Crippen LogP contribution in [0.3, 0.4) is 0 Å². The Morgan fingerprint density at radius 3 is 1.71 bits per heavy atom. The van der Waals surface area contributed by atoms with Gasteiger partial charge in [-0.05, 0) is 91.5 Å².